The molecular formula is C42H80N2O4. The summed E-state index contributed by atoms with van der Waals surface area (Å²) in [5.74, 6) is 0.717. The van der Waals surface area contributed by atoms with Gasteiger partial charge in [-0.05, 0) is 118 Å². The molecule has 0 bridgehead atoms. The summed E-state index contributed by atoms with van der Waals surface area (Å²) < 4.78 is 11.0. The number of hydrogen-bond acceptors (Lipinski definition) is 6. The Balaban J connectivity index is 3.80. The standard InChI is InChI=1S/C42H80N2O4/c1-37(2)25-23-27-39(5)35-41(45)47-33-21-17-13-9-11-15-19-29-44(32-31-43(7)8)30-20-16-12-10-14-18-22-34-48-42(46)36-40(6)28-24-26-38(3)4/h25-26,39-40H,9-24,27-36H2,1-8H3. The van der Waals surface area contributed by atoms with Crippen LogP contribution in [0.3, 0.4) is 0 Å². The number of hydrogen-bond donors (Lipinski definition) is 0. The molecule has 0 saturated carbocycles. The van der Waals surface area contributed by atoms with E-state index in [-0.39, 0.29) is 11.9 Å². The smallest absolute Gasteiger partial charge is 0.306 e. The Morgan fingerprint density at radius 1 is 0.521 bits per heavy atom. The summed E-state index contributed by atoms with van der Waals surface area (Å²) >= 11 is 0. The van der Waals surface area contributed by atoms with Crippen molar-refractivity contribution >= 4 is 11.9 Å². The number of ether oxygens (including phenoxy) is 2. The van der Waals surface area contributed by atoms with Gasteiger partial charge in [0.15, 0.2) is 0 Å². The predicted octanol–water partition coefficient (Wildman–Crippen LogP) is 10.9. The van der Waals surface area contributed by atoms with Gasteiger partial charge in [-0.1, -0.05) is 101 Å². The Morgan fingerprint density at radius 3 is 1.23 bits per heavy atom. The number of rotatable bonds is 33. The molecule has 0 spiro atoms. The molecule has 0 aromatic rings. The molecule has 0 aromatic carbocycles. The highest BCUT2D eigenvalue weighted by Gasteiger charge is 2.11. The third-order valence-electron chi connectivity index (χ3n) is 9.08. The molecule has 2 unspecified atom stereocenters. The Labute approximate surface area is 298 Å². The van der Waals surface area contributed by atoms with E-state index in [2.05, 4.69) is 77.6 Å². The minimum Gasteiger partial charge on any atom is -0.466 e. The second-order valence-corrected chi connectivity index (χ2v) is 15.4. The van der Waals surface area contributed by atoms with Gasteiger partial charge in [0.25, 0.3) is 0 Å². The minimum absolute atomic E-state index is 0.0308. The van der Waals surface area contributed by atoms with Crippen LogP contribution >= 0.6 is 0 Å². The fraction of sp³-hybridized carbons (Fsp3) is 0.857. The van der Waals surface area contributed by atoms with E-state index in [1.165, 1.54) is 88.4 Å². The van der Waals surface area contributed by atoms with Crippen molar-refractivity contribution in [2.45, 2.75) is 170 Å². The fourth-order valence-electron chi connectivity index (χ4n) is 5.90. The van der Waals surface area contributed by atoms with Crippen molar-refractivity contribution in [2.24, 2.45) is 11.8 Å². The lowest BCUT2D eigenvalue weighted by atomic mass is 10.0. The Bertz CT molecular complexity index is 767. The van der Waals surface area contributed by atoms with Crippen LogP contribution in [0.5, 0.6) is 0 Å². The zero-order valence-corrected chi connectivity index (χ0v) is 33.2. The zero-order chi connectivity index (χ0) is 35.8. The lowest BCUT2D eigenvalue weighted by molar-refractivity contribution is -0.145. The number of unbranched alkanes of at least 4 members (excludes halogenated alkanes) is 12. The Hall–Kier alpha value is -1.66. The second-order valence-electron chi connectivity index (χ2n) is 15.4. The molecule has 0 aliphatic carbocycles. The summed E-state index contributed by atoms with van der Waals surface area (Å²) in [6, 6.07) is 0. The maximum atomic E-state index is 12.1. The molecule has 0 saturated heterocycles. The first kappa shape index (κ1) is 46.3. The summed E-state index contributed by atoms with van der Waals surface area (Å²) in [5, 5.41) is 0. The molecule has 0 radical (unpaired) electrons. The van der Waals surface area contributed by atoms with E-state index in [9.17, 15) is 9.59 Å². The predicted molar refractivity (Wildman–Crippen MR) is 206 cm³/mol. The van der Waals surface area contributed by atoms with Crippen molar-refractivity contribution in [1.29, 1.82) is 0 Å². The molecule has 0 fully saturated rings. The van der Waals surface area contributed by atoms with Crippen molar-refractivity contribution in [3.63, 3.8) is 0 Å². The highest BCUT2D eigenvalue weighted by atomic mass is 16.5. The van der Waals surface area contributed by atoms with E-state index >= 15 is 0 Å². The van der Waals surface area contributed by atoms with Gasteiger partial charge in [0.1, 0.15) is 0 Å². The number of nitrogens with zero attached hydrogens (tertiary/aromatic N) is 2. The summed E-state index contributed by atoms with van der Waals surface area (Å²) in [5.41, 5.74) is 2.69. The van der Waals surface area contributed by atoms with Crippen LogP contribution in [0.2, 0.25) is 0 Å². The highest BCUT2D eigenvalue weighted by molar-refractivity contribution is 5.69. The van der Waals surface area contributed by atoms with Crippen LogP contribution < -0.4 is 0 Å². The first-order chi connectivity index (χ1) is 23.0. The number of carbonyl (C=O) groups excluding carboxylic acids is 2. The molecule has 0 aromatic heterocycles. The number of esters is 2. The molecule has 0 rings (SSSR count). The first-order valence-corrected chi connectivity index (χ1v) is 19.9. The average molecular weight is 677 g/mol. The van der Waals surface area contributed by atoms with E-state index < -0.39 is 0 Å². The highest BCUT2D eigenvalue weighted by Crippen LogP contribution is 2.15. The maximum Gasteiger partial charge on any atom is 0.306 e. The monoisotopic (exact) mass is 677 g/mol. The topological polar surface area (TPSA) is 59.1 Å². The van der Waals surface area contributed by atoms with Gasteiger partial charge in [-0.2, -0.15) is 0 Å². The molecule has 6 nitrogen and oxygen atoms in total. The van der Waals surface area contributed by atoms with E-state index in [1.807, 2.05) is 0 Å². The molecule has 0 N–H and O–H groups in total. The molecule has 6 heteroatoms. The molecule has 0 heterocycles. The molecule has 0 aliphatic rings. The van der Waals surface area contributed by atoms with Crippen LogP contribution in [-0.2, 0) is 19.1 Å². The van der Waals surface area contributed by atoms with Gasteiger partial charge in [0.05, 0.1) is 13.2 Å². The Kier molecular flexibility index (Phi) is 31.4. The summed E-state index contributed by atoms with van der Waals surface area (Å²) in [6.45, 7) is 18.6. The van der Waals surface area contributed by atoms with Crippen molar-refractivity contribution in [1.82, 2.24) is 9.80 Å². The summed E-state index contributed by atoms with van der Waals surface area (Å²) in [6.07, 6.45) is 26.9. The third kappa shape index (κ3) is 34.2. The van der Waals surface area contributed by atoms with E-state index in [4.69, 9.17) is 9.47 Å². The van der Waals surface area contributed by atoms with Gasteiger partial charge in [-0.3, -0.25) is 9.59 Å². The van der Waals surface area contributed by atoms with Crippen LogP contribution in [0.4, 0.5) is 0 Å². The zero-order valence-electron chi connectivity index (χ0n) is 33.2. The van der Waals surface area contributed by atoms with E-state index in [1.54, 1.807) is 0 Å². The van der Waals surface area contributed by atoms with Crippen LogP contribution in [0.1, 0.15) is 170 Å². The molecular weight excluding hydrogens is 596 g/mol. The van der Waals surface area contributed by atoms with E-state index in [0.29, 0.717) is 37.9 Å². The lowest BCUT2D eigenvalue weighted by Crippen LogP contribution is -2.33. The second kappa shape index (κ2) is 32.5. The van der Waals surface area contributed by atoms with Crippen molar-refractivity contribution in [2.75, 3.05) is 53.5 Å². The summed E-state index contributed by atoms with van der Waals surface area (Å²) in [7, 11) is 4.34. The third-order valence-corrected chi connectivity index (χ3v) is 9.08. The van der Waals surface area contributed by atoms with Gasteiger partial charge in [0, 0.05) is 25.9 Å². The van der Waals surface area contributed by atoms with Gasteiger partial charge in [-0.15, -0.1) is 0 Å². The van der Waals surface area contributed by atoms with Gasteiger partial charge in [0.2, 0.25) is 0 Å². The van der Waals surface area contributed by atoms with Crippen molar-refractivity contribution in [3.05, 3.63) is 23.3 Å². The lowest BCUT2D eigenvalue weighted by Gasteiger charge is -2.24. The normalized spacial score (nSPS) is 12.6. The van der Waals surface area contributed by atoms with Gasteiger partial charge in [-0.25, -0.2) is 0 Å². The molecule has 0 aliphatic heterocycles. The van der Waals surface area contributed by atoms with Crippen LogP contribution in [0.15, 0.2) is 23.3 Å². The molecule has 48 heavy (non-hydrogen) atoms. The number of likely N-dealkylation sites (N-methyl/N-ethyl adjacent to an activating group) is 1. The summed E-state index contributed by atoms with van der Waals surface area (Å²) in [4.78, 5) is 29.1. The maximum absolute atomic E-state index is 12.1. The molecule has 2 atom stereocenters. The minimum atomic E-state index is -0.0308. The molecule has 0 amide bonds. The van der Waals surface area contributed by atoms with E-state index in [0.717, 1.165) is 64.5 Å². The number of carbonyl (C=O) groups is 2. The SMILES string of the molecule is CC(C)=CCCC(C)CC(=O)OCCCCCCCCCN(CCCCCCCCCOC(=O)CC(C)CCC=C(C)C)CCN(C)C. The largest absolute Gasteiger partial charge is 0.466 e. The van der Waals surface area contributed by atoms with Gasteiger partial charge < -0.3 is 19.3 Å². The van der Waals surface area contributed by atoms with Crippen molar-refractivity contribution in [3.8, 4) is 0 Å². The number of allylic oxidation sites excluding steroid dienone is 4. The first-order valence-electron chi connectivity index (χ1n) is 19.9. The van der Waals surface area contributed by atoms with Crippen LogP contribution in [-0.4, -0.2) is 75.2 Å². The average Bonchev–Trinajstić information content (AvgIpc) is 3.00. The van der Waals surface area contributed by atoms with Gasteiger partial charge >= 0.3 is 11.9 Å². The van der Waals surface area contributed by atoms with Crippen molar-refractivity contribution < 1.29 is 19.1 Å². The Morgan fingerprint density at radius 2 is 0.875 bits per heavy atom. The quantitative estimate of drug-likeness (QED) is 0.0392. The molecule has 282 valence electrons. The fourth-order valence-corrected chi connectivity index (χ4v) is 5.90. The van der Waals surface area contributed by atoms with Crippen LogP contribution in [0.25, 0.3) is 0 Å². The van der Waals surface area contributed by atoms with Crippen LogP contribution in [0, 0.1) is 11.8 Å².